The van der Waals surface area contributed by atoms with Crippen LogP contribution in [0, 0.1) is 13.8 Å². The van der Waals surface area contributed by atoms with Gasteiger partial charge in [0.25, 0.3) is 0 Å². The molecule has 0 atom stereocenters. The molecular formula is C30H33N7O3. The van der Waals surface area contributed by atoms with Gasteiger partial charge in [-0.05, 0) is 44.9 Å². The predicted octanol–water partition coefficient (Wildman–Crippen LogP) is 5.02. The number of nitrogens with one attached hydrogen (secondary N) is 1. The zero-order valence-electron chi connectivity index (χ0n) is 23.5. The minimum atomic E-state index is 0.112. The van der Waals surface area contributed by atoms with E-state index < -0.39 is 0 Å². The molecule has 1 amide bonds. The van der Waals surface area contributed by atoms with E-state index in [9.17, 15) is 4.79 Å². The van der Waals surface area contributed by atoms with E-state index in [0.717, 1.165) is 79.6 Å². The minimum absolute atomic E-state index is 0.112. The average Bonchev–Trinajstić information content (AvgIpc) is 3.46. The molecule has 2 fully saturated rings. The number of carbonyl (C=O) groups excluding carboxylic acids is 1. The SMILES string of the molecule is CCc1nc(Cc2cc(C3CC3)nn2C2CN(C(C)=O)C2)c2c(n1)[nH]c1cc(-c3c(C)noc3C)c(OC)cc12. The van der Waals surface area contributed by atoms with E-state index in [1.54, 1.807) is 14.0 Å². The van der Waals surface area contributed by atoms with Gasteiger partial charge >= 0.3 is 0 Å². The number of hydrogen-bond acceptors (Lipinski definition) is 7. The largest absolute Gasteiger partial charge is 0.496 e. The number of aryl methyl sites for hydroxylation is 3. The maximum atomic E-state index is 11.9. The van der Waals surface area contributed by atoms with Crippen molar-refractivity contribution in [2.75, 3.05) is 20.2 Å². The van der Waals surface area contributed by atoms with Crippen molar-refractivity contribution in [1.82, 2.24) is 34.8 Å². The summed E-state index contributed by atoms with van der Waals surface area (Å²) in [7, 11) is 1.69. The van der Waals surface area contributed by atoms with Crippen LogP contribution in [0.3, 0.4) is 0 Å². The predicted molar refractivity (Wildman–Crippen MR) is 151 cm³/mol. The van der Waals surface area contributed by atoms with Crippen molar-refractivity contribution < 1.29 is 14.1 Å². The molecule has 0 unspecified atom stereocenters. The van der Waals surface area contributed by atoms with E-state index in [4.69, 9.17) is 24.3 Å². The molecule has 1 N–H and O–H groups in total. The van der Waals surface area contributed by atoms with Crippen molar-refractivity contribution in [3.8, 4) is 16.9 Å². The van der Waals surface area contributed by atoms with E-state index in [-0.39, 0.29) is 11.9 Å². The fraction of sp³-hybridized carbons (Fsp3) is 0.433. The summed E-state index contributed by atoms with van der Waals surface area (Å²) in [5.41, 5.74) is 7.70. The second-order valence-corrected chi connectivity index (χ2v) is 11.1. The molecule has 1 aromatic carbocycles. The lowest BCUT2D eigenvalue weighted by Crippen LogP contribution is -2.50. The Labute approximate surface area is 231 Å². The lowest BCUT2D eigenvalue weighted by Gasteiger charge is -2.39. The fourth-order valence-electron chi connectivity index (χ4n) is 5.99. The highest BCUT2D eigenvalue weighted by Gasteiger charge is 2.35. The summed E-state index contributed by atoms with van der Waals surface area (Å²) in [5, 5.41) is 11.2. The summed E-state index contributed by atoms with van der Waals surface area (Å²) in [4.78, 5) is 27.2. The maximum absolute atomic E-state index is 11.9. The number of methoxy groups -OCH3 is 1. The number of aromatic nitrogens is 6. The van der Waals surface area contributed by atoms with E-state index in [0.29, 0.717) is 25.4 Å². The lowest BCUT2D eigenvalue weighted by molar-refractivity contribution is -0.134. The summed E-state index contributed by atoms with van der Waals surface area (Å²) in [5.74, 6) is 2.95. The first kappa shape index (κ1) is 24.8. The van der Waals surface area contributed by atoms with Gasteiger partial charge in [-0.2, -0.15) is 5.10 Å². The number of rotatable bonds is 7. The normalized spacial score (nSPS) is 15.8. The van der Waals surface area contributed by atoms with Crippen LogP contribution < -0.4 is 4.74 Å². The fourth-order valence-corrected chi connectivity index (χ4v) is 5.99. The van der Waals surface area contributed by atoms with Gasteiger partial charge in [-0.1, -0.05) is 12.1 Å². The Kier molecular flexibility index (Phi) is 5.69. The summed E-state index contributed by atoms with van der Waals surface area (Å²) in [6.45, 7) is 8.95. The van der Waals surface area contributed by atoms with Crippen molar-refractivity contribution in [2.24, 2.45) is 0 Å². The van der Waals surface area contributed by atoms with Gasteiger partial charge in [0.05, 0.1) is 35.8 Å². The number of ether oxygens (including phenoxy) is 1. The third-order valence-electron chi connectivity index (χ3n) is 8.34. The molecule has 1 saturated heterocycles. The molecule has 1 saturated carbocycles. The van der Waals surface area contributed by atoms with Gasteiger partial charge in [0.15, 0.2) is 0 Å². The van der Waals surface area contributed by atoms with E-state index >= 15 is 0 Å². The summed E-state index contributed by atoms with van der Waals surface area (Å²) in [6, 6.07) is 6.60. The minimum Gasteiger partial charge on any atom is -0.496 e. The van der Waals surface area contributed by atoms with Crippen molar-refractivity contribution in [2.45, 2.75) is 65.3 Å². The van der Waals surface area contributed by atoms with E-state index in [1.807, 2.05) is 18.7 Å². The number of fused-ring (bicyclic) bond motifs is 3. The highest BCUT2D eigenvalue weighted by molar-refractivity contribution is 6.09. The molecule has 1 aliphatic heterocycles. The number of carbonyl (C=O) groups is 1. The Balaban J connectivity index is 1.36. The summed E-state index contributed by atoms with van der Waals surface area (Å²) < 4.78 is 13.5. The van der Waals surface area contributed by atoms with Gasteiger partial charge in [0.2, 0.25) is 5.91 Å². The van der Waals surface area contributed by atoms with Crippen LogP contribution in [0.5, 0.6) is 5.75 Å². The molecule has 1 aliphatic carbocycles. The molecule has 206 valence electrons. The smallest absolute Gasteiger partial charge is 0.219 e. The van der Waals surface area contributed by atoms with Crippen LogP contribution in [0.1, 0.15) is 73.0 Å². The van der Waals surface area contributed by atoms with Crippen molar-refractivity contribution in [3.05, 3.63) is 52.6 Å². The average molecular weight is 540 g/mol. The Bertz CT molecular complexity index is 1770. The van der Waals surface area contributed by atoms with Gasteiger partial charge < -0.3 is 19.1 Å². The Morgan fingerprint density at radius 3 is 2.62 bits per heavy atom. The first-order valence-electron chi connectivity index (χ1n) is 14.0. The van der Waals surface area contributed by atoms with Gasteiger partial charge in [0.1, 0.15) is 23.0 Å². The number of aromatic amines is 1. The number of hydrogen-bond donors (Lipinski definition) is 1. The van der Waals surface area contributed by atoms with Gasteiger partial charge in [-0.3, -0.25) is 9.48 Å². The molecule has 2 aliphatic rings. The van der Waals surface area contributed by atoms with Crippen LogP contribution >= 0.6 is 0 Å². The Morgan fingerprint density at radius 2 is 1.98 bits per heavy atom. The quantitative estimate of drug-likeness (QED) is 0.309. The van der Waals surface area contributed by atoms with Gasteiger partial charge in [-0.25, -0.2) is 9.97 Å². The Hall–Kier alpha value is -4.21. The number of nitrogens with zero attached hydrogens (tertiary/aromatic N) is 6. The molecule has 5 heterocycles. The zero-order valence-corrected chi connectivity index (χ0v) is 23.5. The first-order chi connectivity index (χ1) is 19.3. The van der Waals surface area contributed by atoms with Crippen LogP contribution in [0.4, 0.5) is 0 Å². The molecule has 0 spiro atoms. The topological polar surface area (TPSA) is 115 Å². The van der Waals surface area contributed by atoms with Crippen LogP contribution in [-0.4, -0.2) is 60.9 Å². The molecule has 7 rings (SSSR count). The molecule has 40 heavy (non-hydrogen) atoms. The lowest BCUT2D eigenvalue weighted by atomic mass is 10.00. The molecular weight excluding hydrogens is 506 g/mol. The first-order valence-corrected chi connectivity index (χ1v) is 14.0. The van der Waals surface area contributed by atoms with E-state index in [2.05, 4.69) is 39.9 Å². The number of H-pyrrole nitrogens is 1. The zero-order chi connectivity index (χ0) is 27.7. The monoisotopic (exact) mass is 539 g/mol. The molecule has 10 heteroatoms. The second-order valence-electron chi connectivity index (χ2n) is 11.1. The van der Waals surface area contributed by atoms with Crippen molar-refractivity contribution in [3.63, 3.8) is 0 Å². The van der Waals surface area contributed by atoms with Crippen LogP contribution in [0.15, 0.2) is 22.7 Å². The van der Waals surface area contributed by atoms with Crippen molar-refractivity contribution >= 4 is 27.8 Å². The maximum Gasteiger partial charge on any atom is 0.219 e. The molecule has 4 aromatic heterocycles. The molecule has 10 nitrogen and oxygen atoms in total. The summed E-state index contributed by atoms with van der Waals surface area (Å²) >= 11 is 0. The van der Waals surface area contributed by atoms with Gasteiger partial charge in [-0.15, -0.1) is 0 Å². The van der Waals surface area contributed by atoms with Crippen LogP contribution in [0.2, 0.25) is 0 Å². The molecule has 0 radical (unpaired) electrons. The Morgan fingerprint density at radius 1 is 1.18 bits per heavy atom. The summed E-state index contributed by atoms with van der Waals surface area (Å²) in [6.07, 6.45) is 3.74. The number of amides is 1. The highest BCUT2D eigenvalue weighted by Crippen LogP contribution is 2.42. The third-order valence-corrected chi connectivity index (χ3v) is 8.34. The van der Waals surface area contributed by atoms with Crippen LogP contribution in [-0.2, 0) is 17.6 Å². The number of likely N-dealkylation sites (tertiary alicyclic amines) is 1. The van der Waals surface area contributed by atoms with E-state index in [1.165, 1.54) is 12.8 Å². The molecule has 0 bridgehead atoms. The third kappa shape index (κ3) is 3.96. The van der Waals surface area contributed by atoms with Gasteiger partial charge in [0, 0.05) is 66.3 Å². The number of benzene rings is 1. The second kappa shape index (κ2) is 9.18. The van der Waals surface area contributed by atoms with Crippen LogP contribution in [0.25, 0.3) is 33.1 Å². The standard InChI is InChI=1S/C30H33N7O3/c1-6-27-31-25(10-19-9-23(18-7-8-18)34-37(19)20-13-36(14-20)17(4)38)29-21-12-26(39-5)22(11-24(21)32-30(29)33-27)28-15(2)35-40-16(28)3/h9,11-12,18,20H,6-8,10,13-14H2,1-5H3,(H,31,32,33). The highest BCUT2D eigenvalue weighted by atomic mass is 16.5. The van der Waals surface area contributed by atoms with Crippen molar-refractivity contribution in [1.29, 1.82) is 0 Å². The molecule has 5 aromatic rings.